The summed E-state index contributed by atoms with van der Waals surface area (Å²) in [6.07, 6.45) is 3.32. The molecule has 18 heavy (non-hydrogen) atoms. The van der Waals surface area contributed by atoms with Crippen molar-refractivity contribution in [3.63, 3.8) is 0 Å². The molecule has 1 fully saturated rings. The Morgan fingerprint density at radius 3 is 2.94 bits per heavy atom. The smallest absolute Gasteiger partial charge is 0.474 e. The minimum Gasteiger partial charge on any atom is -0.474 e. The van der Waals surface area contributed by atoms with E-state index in [0.717, 1.165) is 0 Å². The summed E-state index contributed by atoms with van der Waals surface area (Å²) in [6, 6.07) is 1.63. The van der Waals surface area contributed by atoms with Crippen molar-refractivity contribution in [2.24, 2.45) is 5.92 Å². The van der Waals surface area contributed by atoms with Crippen molar-refractivity contribution < 1.29 is 23.8 Å². The number of ether oxygens (including phenoxy) is 1. The molecular formula is C10H14N2O5P+. The highest BCUT2D eigenvalue weighted by atomic mass is 31.1. The molecule has 1 aromatic heterocycles. The Labute approximate surface area is 105 Å². The Balaban J connectivity index is 1.94. The minimum absolute atomic E-state index is 0.0997. The maximum absolute atomic E-state index is 10.7. The second-order valence-corrected chi connectivity index (χ2v) is 4.77. The van der Waals surface area contributed by atoms with Gasteiger partial charge in [-0.25, -0.2) is 9.97 Å². The number of hydrogen-bond donors (Lipinski definition) is 2. The molecule has 2 rings (SSSR count). The maximum atomic E-state index is 10.7. The molecule has 0 radical (unpaired) electrons. The van der Waals surface area contributed by atoms with Crippen LogP contribution in [0.2, 0.25) is 0 Å². The monoisotopic (exact) mass is 273 g/mol. The summed E-state index contributed by atoms with van der Waals surface area (Å²) in [5.74, 6) is 0.253. The third kappa shape index (κ3) is 3.43. The van der Waals surface area contributed by atoms with Crippen LogP contribution in [0.25, 0.3) is 0 Å². The fraction of sp³-hybridized carbons (Fsp3) is 0.600. The van der Waals surface area contributed by atoms with E-state index in [0.29, 0.717) is 18.7 Å². The van der Waals surface area contributed by atoms with Crippen molar-refractivity contribution in [3.8, 4) is 5.88 Å². The molecule has 1 aliphatic rings. The van der Waals surface area contributed by atoms with E-state index in [2.05, 4.69) is 9.97 Å². The Morgan fingerprint density at radius 2 is 2.33 bits per heavy atom. The highest BCUT2D eigenvalue weighted by Crippen LogP contribution is 2.35. The van der Waals surface area contributed by atoms with Crippen LogP contribution < -0.4 is 4.74 Å². The number of nitrogens with zero attached hydrogens (tertiary/aromatic N) is 2. The zero-order chi connectivity index (χ0) is 13.0. The normalized spacial score (nSPS) is 28.1. The van der Waals surface area contributed by atoms with Gasteiger partial charge in [0, 0.05) is 35.8 Å². The average Bonchev–Trinajstić information content (AvgIpc) is 2.71. The van der Waals surface area contributed by atoms with E-state index < -0.39 is 14.4 Å². The number of aliphatic hydroxyl groups is 1. The molecule has 0 aliphatic heterocycles. The van der Waals surface area contributed by atoms with E-state index in [4.69, 9.17) is 14.2 Å². The maximum Gasteiger partial charge on any atom is 0.695 e. The molecule has 1 heterocycles. The quantitative estimate of drug-likeness (QED) is 0.760. The molecule has 0 bridgehead atoms. The first-order valence-corrected chi connectivity index (χ1v) is 6.68. The largest absolute Gasteiger partial charge is 0.695 e. The third-order valence-corrected chi connectivity index (χ3v) is 3.34. The fourth-order valence-electron chi connectivity index (χ4n) is 2.09. The van der Waals surface area contributed by atoms with Crippen LogP contribution in [0.4, 0.5) is 0 Å². The molecule has 0 amide bonds. The molecular weight excluding hydrogens is 259 g/mol. The van der Waals surface area contributed by atoms with E-state index >= 15 is 0 Å². The molecule has 8 heteroatoms. The molecule has 2 N–H and O–H groups in total. The highest BCUT2D eigenvalue weighted by Gasteiger charge is 2.41. The summed E-state index contributed by atoms with van der Waals surface area (Å²) in [5, 5.41) is 9.20. The van der Waals surface area contributed by atoms with Crippen LogP contribution in [0.3, 0.4) is 0 Å². The lowest BCUT2D eigenvalue weighted by atomic mass is 10.1. The number of hydrogen-bond acceptors (Lipinski definition) is 6. The lowest BCUT2D eigenvalue weighted by molar-refractivity contribution is 0.105. The van der Waals surface area contributed by atoms with Crippen molar-refractivity contribution >= 4 is 8.25 Å². The van der Waals surface area contributed by atoms with Gasteiger partial charge in [0.1, 0.15) is 18.5 Å². The average molecular weight is 273 g/mol. The van der Waals surface area contributed by atoms with Crippen LogP contribution in [0.1, 0.15) is 12.8 Å². The number of aromatic nitrogens is 2. The van der Waals surface area contributed by atoms with Crippen molar-refractivity contribution in [1.29, 1.82) is 0 Å². The predicted molar refractivity (Wildman–Crippen MR) is 61.0 cm³/mol. The summed E-state index contributed by atoms with van der Waals surface area (Å²) >= 11 is 0. The van der Waals surface area contributed by atoms with Gasteiger partial charge in [0.2, 0.25) is 5.88 Å². The summed E-state index contributed by atoms with van der Waals surface area (Å²) in [7, 11) is -2.66. The summed E-state index contributed by atoms with van der Waals surface area (Å²) in [6.45, 7) is -0.0997. The molecule has 1 aromatic rings. The zero-order valence-electron chi connectivity index (χ0n) is 9.55. The molecule has 2 unspecified atom stereocenters. The molecule has 4 atom stereocenters. The topological polar surface area (TPSA) is 102 Å². The van der Waals surface area contributed by atoms with Crippen LogP contribution in [0, 0.1) is 5.92 Å². The van der Waals surface area contributed by atoms with E-state index in [1.165, 1.54) is 6.33 Å². The standard InChI is InChI=1S/C10H13N2O5P/c13-5-7-3-8(4-9(7)17-18(14)15)16-10-1-2-11-6-12-10/h1-2,6-9,13H,3-5H2/p+1/t7-,8-,9?/m1/s1. The summed E-state index contributed by atoms with van der Waals surface area (Å²) in [5.41, 5.74) is 0. The van der Waals surface area contributed by atoms with Gasteiger partial charge >= 0.3 is 8.25 Å². The molecule has 0 aromatic carbocycles. The first-order chi connectivity index (χ1) is 8.69. The van der Waals surface area contributed by atoms with Crippen molar-refractivity contribution in [3.05, 3.63) is 18.6 Å². The van der Waals surface area contributed by atoms with Gasteiger partial charge < -0.3 is 9.84 Å². The first-order valence-electron chi connectivity index (χ1n) is 5.55. The first kappa shape index (κ1) is 13.3. The molecule has 98 valence electrons. The van der Waals surface area contributed by atoms with E-state index in [9.17, 15) is 9.67 Å². The Hall–Kier alpha value is -1.14. The lowest BCUT2D eigenvalue weighted by Gasteiger charge is -2.11. The van der Waals surface area contributed by atoms with Gasteiger partial charge in [-0.2, -0.15) is 0 Å². The molecule has 7 nitrogen and oxygen atoms in total. The van der Waals surface area contributed by atoms with Gasteiger partial charge in [0.25, 0.3) is 0 Å². The second-order valence-electron chi connectivity index (χ2n) is 4.08. The van der Waals surface area contributed by atoms with E-state index in [-0.39, 0.29) is 18.6 Å². The van der Waals surface area contributed by atoms with Crippen molar-refractivity contribution in [1.82, 2.24) is 9.97 Å². The lowest BCUT2D eigenvalue weighted by Crippen LogP contribution is -2.18. The van der Waals surface area contributed by atoms with Gasteiger partial charge in [-0.3, -0.25) is 0 Å². The SMILES string of the molecule is O=[P+](O)OC1C[C@H](Oc2ccncn2)C[C@@H]1CO. The van der Waals surface area contributed by atoms with Gasteiger partial charge in [-0.05, 0) is 6.42 Å². The Morgan fingerprint density at radius 1 is 1.50 bits per heavy atom. The minimum atomic E-state index is -2.66. The van der Waals surface area contributed by atoms with Crippen molar-refractivity contribution in [2.75, 3.05) is 6.61 Å². The highest BCUT2D eigenvalue weighted by molar-refractivity contribution is 7.32. The molecule has 1 aliphatic carbocycles. The molecule has 0 saturated heterocycles. The van der Waals surface area contributed by atoms with Crippen molar-refractivity contribution in [2.45, 2.75) is 25.0 Å². The van der Waals surface area contributed by atoms with Gasteiger partial charge in [-0.1, -0.05) is 0 Å². The van der Waals surface area contributed by atoms with Gasteiger partial charge in [0.15, 0.2) is 0 Å². The Kier molecular flexibility index (Phi) is 4.54. The summed E-state index contributed by atoms with van der Waals surface area (Å²) in [4.78, 5) is 16.5. The van der Waals surface area contributed by atoms with Gasteiger partial charge in [-0.15, -0.1) is 9.42 Å². The van der Waals surface area contributed by atoms with Crippen LogP contribution in [-0.2, 0) is 9.09 Å². The molecule has 0 spiro atoms. The predicted octanol–water partition coefficient (Wildman–Crippen LogP) is 0.661. The third-order valence-electron chi connectivity index (χ3n) is 2.89. The van der Waals surface area contributed by atoms with Crippen LogP contribution in [-0.4, -0.2) is 38.8 Å². The fourth-order valence-corrected chi connectivity index (χ4v) is 2.58. The van der Waals surface area contributed by atoms with Gasteiger partial charge in [0.05, 0.1) is 0 Å². The van der Waals surface area contributed by atoms with Crippen LogP contribution in [0.5, 0.6) is 5.88 Å². The van der Waals surface area contributed by atoms with E-state index in [1.54, 1.807) is 12.3 Å². The van der Waals surface area contributed by atoms with Crippen LogP contribution in [0.15, 0.2) is 18.6 Å². The number of aliphatic hydroxyl groups excluding tert-OH is 1. The Bertz CT molecular complexity index is 405. The zero-order valence-corrected chi connectivity index (χ0v) is 10.4. The number of rotatable bonds is 5. The van der Waals surface area contributed by atoms with E-state index in [1.807, 2.05) is 0 Å². The van der Waals surface area contributed by atoms with Crippen LogP contribution >= 0.6 is 8.25 Å². The second kappa shape index (κ2) is 6.15. The molecule has 1 saturated carbocycles. The summed E-state index contributed by atoms with van der Waals surface area (Å²) < 4.78 is 21.1.